The first kappa shape index (κ1) is 15.0. The van der Waals surface area contributed by atoms with Crippen LogP contribution < -0.4 is 5.32 Å². The van der Waals surface area contributed by atoms with Crippen LogP contribution in [0.15, 0.2) is 24.3 Å². The predicted octanol–water partition coefficient (Wildman–Crippen LogP) is 4.04. The molecule has 0 aliphatic heterocycles. The minimum Gasteiger partial charge on any atom is -0.310 e. The molecule has 1 aliphatic carbocycles. The number of rotatable bonds is 5. The first-order valence-electron chi connectivity index (χ1n) is 7.63. The minimum atomic E-state index is -0.335. The lowest BCUT2D eigenvalue weighted by molar-refractivity contribution is -0.384. The molecule has 1 aliphatic rings. The van der Waals surface area contributed by atoms with Crippen LogP contribution in [0.3, 0.4) is 0 Å². The zero-order valence-corrected chi connectivity index (χ0v) is 12.2. The van der Waals surface area contributed by atoms with Gasteiger partial charge in [0.15, 0.2) is 0 Å². The van der Waals surface area contributed by atoms with E-state index >= 15 is 0 Å². The van der Waals surface area contributed by atoms with Gasteiger partial charge >= 0.3 is 0 Å². The fourth-order valence-corrected chi connectivity index (χ4v) is 3.04. The third-order valence-electron chi connectivity index (χ3n) is 4.36. The van der Waals surface area contributed by atoms with E-state index in [1.165, 1.54) is 44.6 Å². The fourth-order valence-electron chi connectivity index (χ4n) is 3.04. The summed E-state index contributed by atoms with van der Waals surface area (Å²) in [6, 6.07) is 7.38. The Balaban J connectivity index is 1.87. The molecule has 0 radical (unpaired) electrons. The zero-order valence-electron chi connectivity index (χ0n) is 12.2. The topological polar surface area (TPSA) is 55.2 Å². The Hall–Kier alpha value is -1.42. The molecule has 0 bridgehead atoms. The number of nitrogens with one attached hydrogen (secondary N) is 1. The first-order valence-corrected chi connectivity index (χ1v) is 7.63. The summed E-state index contributed by atoms with van der Waals surface area (Å²) in [6.07, 6.45) is 8.04. The van der Waals surface area contributed by atoms with Crippen molar-refractivity contribution in [2.45, 2.75) is 58.0 Å². The van der Waals surface area contributed by atoms with E-state index in [9.17, 15) is 10.1 Å². The highest BCUT2D eigenvalue weighted by Crippen LogP contribution is 2.25. The molecular formula is C16H24N2O2. The standard InChI is InChI=1S/C16H24N2O2/c1-13(15-8-4-2-3-5-9-15)17-12-14-7-6-10-16(11-14)18(19)20/h6-7,10-11,13,15,17H,2-5,8-9,12H2,1H3/t13-/m0/s1. The number of hydrogen-bond donors (Lipinski definition) is 1. The number of benzene rings is 1. The Morgan fingerprint density at radius 3 is 2.65 bits per heavy atom. The van der Waals surface area contributed by atoms with Gasteiger partial charge in [-0.2, -0.15) is 0 Å². The molecule has 1 atom stereocenters. The second-order valence-corrected chi connectivity index (χ2v) is 5.85. The molecule has 0 unspecified atom stereocenters. The number of hydrogen-bond acceptors (Lipinski definition) is 3. The maximum absolute atomic E-state index is 10.8. The summed E-state index contributed by atoms with van der Waals surface area (Å²) in [6.45, 7) is 2.95. The van der Waals surface area contributed by atoms with Crippen molar-refractivity contribution in [3.63, 3.8) is 0 Å². The normalized spacial score (nSPS) is 18.4. The number of non-ortho nitro benzene ring substituents is 1. The van der Waals surface area contributed by atoms with E-state index in [1.807, 2.05) is 6.07 Å². The maximum Gasteiger partial charge on any atom is 0.269 e. The lowest BCUT2D eigenvalue weighted by atomic mass is 9.93. The zero-order chi connectivity index (χ0) is 14.4. The molecule has 0 spiro atoms. The van der Waals surface area contributed by atoms with Crippen molar-refractivity contribution in [1.82, 2.24) is 5.32 Å². The summed E-state index contributed by atoms with van der Waals surface area (Å²) in [4.78, 5) is 10.4. The molecule has 0 saturated heterocycles. The second kappa shape index (κ2) is 7.39. The quantitative estimate of drug-likeness (QED) is 0.501. The molecule has 110 valence electrons. The molecule has 4 nitrogen and oxygen atoms in total. The van der Waals surface area contributed by atoms with Gasteiger partial charge < -0.3 is 5.32 Å². The Morgan fingerprint density at radius 1 is 1.30 bits per heavy atom. The molecule has 1 aromatic rings. The Bertz CT molecular complexity index is 440. The SMILES string of the molecule is C[C@H](NCc1cccc([N+](=O)[O-])c1)C1CCCCCC1. The van der Waals surface area contributed by atoms with Crippen LogP contribution >= 0.6 is 0 Å². The van der Waals surface area contributed by atoms with Gasteiger partial charge in [0, 0.05) is 24.7 Å². The lowest BCUT2D eigenvalue weighted by Gasteiger charge is -2.23. The van der Waals surface area contributed by atoms with Crippen molar-refractivity contribution >= 4 is 5.69 Å². The Labute approximate surface area is 120 Å². The first-order chi connectivity index (χ1) is 9.66. The Kier molecular flexibility index (Phi) is 5.53. The van der Waals surface area contributed by atoms with Crippen LogP contribution in [0.1, 0.15) is 51.0 Å². The van der Waals surface area contributed by atoms with Crippen LogP contribution in [0.4, 0.5) is 5.69 Å². The Morgan fingerprint density at radius 2 is 2.00 bits per heavy atom. The van der Waals surface area contributed by atoms with E-state index in [-0.39, 0.29) is 10.6 Å². The van der Waals surface area contributed by atoms with Gasteiger partial charge in [0.2, 0.25) is 0 Å². The third kappa shape index (κ3) is 4.30. The largest absolute Gasteiger partial charge is 0.310 e. The molecule has 1 aromatic carbocycles. The van der Waals surface area contributed by atoms with E-state index in [1.54, 1.807) is 12.1 Å². The minimum absolute atomic E-state index is 0.173. The molecule has 0 amide bonds. The summed E-state index contributed by atoms with van der Waals surface area (Å²) in [7, 11) is 0. The van der Waals surface area contributed by atoms with E-state index in [4.69, 9.17) is 0 Å². The average Bonchev–Trinajstić information content (AvgIpc) is 2.74. The molecule has 0 aromatic heterocycles. The van der Waals surface area contributed by atoms with Gasteiger partial charge in [-0.1, -0.05) is 37.8 Å². The van der Waals surface area contributed by atoms with Crippen LogP contribution in [-0.4, -0.2) is 11.0 Å². The van der Waals surface area contributed by atoms with E-state index in [0.29, 0.717) is 12.6 Å². The van der Waals surface area contributed by atoms with Crippen molar-refractivity contribution in [3.8, 4) is 0 Å². The fraction of sp³-hybridized carbons (Fsp3) is 0.625. The molecule has 2 rings (SSSR count). The molecule has 1 N–H and O–H groups in total. The third-order valence-corrected chi connectivity index (χ3v) is 4.36. The van der Waals surface area contributed by atoms with Crippen molar-refractivity contribution in [2.24, 2.45) is 5.92 Å². The van der Waals surface area contributed by atoms with Gasteiger partial charge in [0.25, 0.3) is 5.69 Å². The molecule has 0 heterocycles. The molecule has 4 heteroatoms. The smallest absolute Gasteiger partial charge is 0.269 e. The van der Waals surface area contributed by atoms with Crippen LogP contribution in [0.2, 0.25) is 0 Å². The summed E-state index contributed by atoms with van der Waals surface area (Å²) in [5.41, 5.74) is 1.16. The summed E-state index contributed by atoms with van der Waals surface area (Å²) in [5, 5.41) is 14.3. The van der Waals surface area contributed by atoms with Crippen molar-refractivity contribution < 1.29 is 4.92 Å². The summed E-state index contributed by atoms with van der Waals surface area (Å²) in [5.74, 6) is 0.746. The van der Waals surface area contributed by atoms with Gasteiger partial charge in [-0.05, 0) is 31.2 Å². The molecular weight excluding hydrogens is 252 g/mol. The highest BCUT2D eigenvalue weighted by atomic mass is 16.6. The van der Waals surface area contributed by atoms with Crippen LogP contribution in [0, 0.1) is 16.0 Å². The highest BCUT2D eigenvalue weighted by Gasteiger charge is 2.18. The van der Waals surface area contributed by atoms with Gasteiger partial charge in [0.1, 0.15) is 0 Å². The highest BCUT2D eigenvalue weighted by molar-refractivity contribution is 5.34. The van der Waals surface area contributed by atoms with Crippen molar-refractivity contribution in [3.05, 3.63) is 39.9 Å². The monoisotopic (exact) mass is 276 g/mol. The van der Waals surface area contributed by atoms with Gasteiger partial charge in [-0.15, -0.1) is 0 Å². The molecule has 20 heavy (non-hydrogen) atoms. The van der Waals surface area contributed by atoms with Gasteiger partial charge in [0.05, 0.1) is 4.92 Å². The van der Waals surface area contributed by atoms with Gasteiger partial charge in [-0.25, -0.2) is 0 Å². The van der Waals surface area contributed by atoms with Crippen LogP contribution in [0.25, 0.3) is 0 Å². The van der Waals surface area contributed by atoms with E-state index < -0.39 is 0 Å². The lowest BCUT2D eigenvalue weighted by Crippen LogP contribution is -2.32. The van der Waals surface area contributed by atoms with Gasteiger partial charge in [-0.3, -0.25) is 10.1 Å². The van der Waals surface area contributed by atoms with Crippen LogP contribution in [-0.2, 0) is 6.54 Å². The molecule has 1 saturated carbocycles. The number of nitro benzene ring substituents is 1. The summed E-state index contributed by atoms with van der Waals surface area (Å²) >= 11 is 0. The van der Waals surface area contributed by atoms with Crippen molar-refractivity contribution in [2.75, 3.05) is 0 Å². The summed E-state index contributed by atoms with van der Waals surface area (Å²) < 4.78 is 0. The van der Waals surface area contributed by atoms with E-state index in [0.717, 1.165) is 11.5 Å². The average molecular weight is 276 g/mol. The number of nitro groups is 1. The predicted molar refractivity (Wildman–Crippen MR) is 80.6 cm³/mol. The van der Waals surface area contributed by atoms with Crippen molar-refractivity contribution in [1.29, 1.82) is 0 Å². The van der Waals surface area contributed by atoms with Crippen LogP contribution in [0.5, 0.6) is 0 Å². The molecule has 1 fully saturated rings. The number of nitrogens with zero attached hydrogens (tertiary/aromatic N) is 1. The second-order valence-electron chi connectivity index (χ2n) is 5.85. The van der Waals surface area contributed by atoms with E-state index in [2.05, 4.69) is 12.2 Å². The maximum atomic E-state index is 10.8.